The van der Waals surface area contributed by atoms with Crippen molar-refractivity contribution in [3.63, 3.8) is 0 Å². The van der Waals surface area contributed by atoms with E-state index in [-0.39, 0.29) is 34.6 Å². The lowest BCUT2D eigenvalue weighted by molar-refractivity contribution is -0.0101. The SMILES string of the molecule is C[C@@H]1Oc2nc(Cl)c(F)c3nc(OC[C@@H]4CC[C@H]5COCCN54)nc(c23)N2CCN(C(=O)OC(C)(C)C)C[C@@H]12. The smallest absolute Gasteiger partial charge is 0.410 e. The number of carbonyl (C=O) groups is 1. The summed E-state index contributed by atoms with van der Waals surface area (Å²) in [6, 6.07) is 0.397. The topological polar surface area (TPSA) is 102 Å². The van der Waals surface area contributed by atoms with Gasteiger partial charge < -0.3 is 28.7 Å². The monoisotopic (exact) mass is 564 g/mol. The summed E-state index contributed by atoms with van der Waals surface area (Å²) in [5.74, 6) is -0.127. The number of amides is 1. The lowest BCUT2D eigenvalue weighted by Crippen LogP contribution is -2.59. The van der Waals surface area contributed by atoms with Crippen molar-refractivity contribution in [1.82, 2.24) is 24.8 Å². The van der Waals surface area contributed by atoms with E-state index in [1.165, 1.54) is 0 Å². The number of morpholine rings is 1. The second-order valence-electron chi connectivity index (χ2n) is 11.6. The number of hydrogen-bond acceptors (Lipinski definition) is 10. The molecule has 0 aromatic carbocycles. The Balaban J connectivity index is 1.32. The summed E-state index contributed by atoms with van der Waals surface area (Å²) < 4.78 is 38.9. The van der Waals surface area contributed by atoms with Crippen LogP contribution >= 0.6 is 11.6 Å². The van der Waals surface area contributed by atoms with E-state index in [1.54, 1.807) is 4.90 Å². The zero-order chi connectivity index (χ0) is 27.5. The van der Waals surface area contributed by atoms with E-state index >= 15 is 4.39 Å². The number of halogens is 2. The van der Waals surface area contributed by atoms with Gasteiger partial charge in [0.05, 0.1) is 19.3 Å². The molecule has 6 heterocycles. The van der Waals surface area contributed by atoms with Crippen LogP contribution < -0.4 is 14.4 Å². The molecule has 0 aliphatic carbocycles. The number of ether oxygens (including phenoxy) is 4. The molecule has 2 aromatic heterocycles. The fourth-order valence-electron chi connectivity index (χ4n) is 5.95. The van der Waals surface area contributed by atoms with Crippen LogP contribution in [0.25, 0.3) is 10.9 Å². The van der Waals surface area contributed by atoms with E-state index in [1.807, 2.05) is 32.6 Å². The molecule has 3 fully saturated rings. The molecule has 0 radical (unpaired) electrons. The minimum atomic E-state index is -0.750. The van der Waals surface area contributed by atoms with Crippen LogP contribution in [0.4, 0.5) is 15.0 Å². The van der Waals surface area contributed by atoms with Crippen LogP contribution in [-0.4, -0.2) is 107 Å². The molecular formula is C26H34ClFN6O5. The van der Waals surface area contributed by atoms with Crippen molar-refractivity contribution in [2.45, 2.75) is 70.4 Å². The van der Waals surface area contributed by atoms with Crippen LogP contribution in [0.1, 0.15) is 40.5 Å². The fourth-order valence-corrected chi connectivity index (χ4v) is 6.12. The van der Waals surface area contributed by atoms with E-state index < -0.39 is 23.6 Å². The number of rotatable bonds is 3. The maximum absolute atomic E-state index is 15.3. The third-order valence-corrected chi connectivity index (χ3v) is 8.08. The average molecular weight is 565 g/mol. The first-order valence-corrected chi connectivity index (χ1v) is 13.9. The van der Waals surface area contributed by atoms with Crippen LogP contribution in [0.5, 0.6) is 11.9 Å². The highest BCUT2D eigenvalue weighted by Gasteiger charge is 2.41. The van der Waals surface area contributed by atoms with Gasteiger partial charge in [0.25, 0.3) is 0 Å². The lowest BCUT2D eigenvalue weighted by Gasteiger charge is -2.43. The van der Waals surface area contributed by atoms with Crippen LogP contribution in [0.15, 0.2) is 0 Å². The molecule has 1 amide bonds. The van der Waals surface area contributed by atoms with Crippen LogP contribution in [0.3, 0.4) is 0 Å². The molecule has 4 aliphatic heterocycles. The van der Waals surface area contributed by atoms with Crippen molar-refractivity contribution < 1.29 is 28.1 Å². The predicted octanol–water partition coefficient (Wildman–Crippen LogP) is 3.27. The number of anilines is 1. The number of pyridine rings is 1. The molecule has 0 unspecified atom stereocenters. The molecule has 6 rings (SSSR count). The lowest BCUT2D eigenvalue weighted by atomic mass is 10.1. The average Bonchev–Trinajstić information content (AvgIpc) is 3.27. The van der Waals surface area contributed by atoms with E-state index in [0.29, 0.717) is 50.1 Å². The molecule has 4 atom stereocenters. The van der Waals surface area contributed by atoms with Crippen molar-refractivity contribution in [3.05, 3.63) is 11.0 Å². The van der Waals surface area contributed by atoms with Gasteiger partial charge >= 0.3 is 12.1 Å². The number of carbonyl (C=O) groups excluding carboxylic acids is 1. The van der Waals surface area contributed by atoms with Crippen LogP contribution in [0.2, 0.25) is 5.15 Å². The molecule has 0 saturated carbocycles. The Hall–Kier alpha value is -2.70. The molecular weight excluding hydrogens is 531 g/mol. The molecule has 11 nitrogen and oxygen atoms in total. The van der Waals surface area contributed by atoms with Gasteiger partial charge in [0.2, 0.25) is 5.88 Å². The van der Waals surface area contributed by atoms with Gasteiger partial charge in [-0.2, -0.15) is 15.0 Å². The highest BCUT2D eigenvalue weighted by molar-refractivity contribution is 6.30. The maximum Gasteiger partial charge on any atom is 0.410 e. The summed E-state index contributed by atoms with van der Waals surface area (Å²) in [5, 5.41) is 0.0148. The number of piperazine rings is 1. The first-order chi connectivity index (χ1) is 18.6. The molecule has 212 valence electrons. The normalized spacial score (nSPS) is 27.0. The Labute approximate surface area is 231 Å². The summed E-state index contributed by atoms with van der Waals surface area (Å²) >= 11 is 6.17. The molecule has 3 saturated heterocycles. The molecule has 0 spiro atoms. The highest BCUT2D eigenvalue weighted by Crippen LogP contribution is 2.41. The quantitative estimate of drug-likeness (QED) is 0.516. The Morgan fingerprint density at radius 3 is 2.79 bits per heavy atom. The van der Waals surface area contributed by atoms with Gasteiger partial charge in [0, 0.05) is 38.3 Å². The molecule has 39 heavy (non-hydrogen) atoms. The Morgan fingerprint density at radius 2 is 2.00 bits per heavy atom. The minimum absolute atomic E-state index is 0.00286. The number of fused-ring (bicyclic) bond motifs is 3. The fraction of sp³-hybridized carbons (Fsp3) is 0.692. The highest BCUT2D eigenvalue weighted by atomic mass is 35.5. The Morgan fingerprint density at radius 1 is 1.18 bits per heavy atom. The number of aromatic nitrogens is 3. The molecule has 0 bridgehead atoms. The summed E-state index contributed by atoms with van der Waals surface area (Å²) in [6.07, 6.45) is 1.24. The number of hydrogen-bond donors (Lipinski definition) is 0. The van der Waals surface area contributed by atoms with Crippen molar-refractivity contribution in [1.29, 1.82) is 0 Å². The molecule has 0 N–H and O–H groups in total. The van der Waals surface area contributed by atoms with E-state index in [4.69, 9.17) is 35.5 Å². The van der Waals surface area contributed by atoms with Crippen LogP contribution in [-0.2, 0) is 9.47 Å². The third-order valence-electron chi connectivity index (χ3n) is 7.83. The van der Waals surface area contributed by atoms with Gasteiger partial charge in [-0.1, -0.05) is 11.6 Å². The van der Waals surface area contributed by atoms with E-state index in [9.17, 15) is 4.79 Å². The first-order valence-electron chi connectivity index (χ1n) is 13.5. The van der Waals surface area contributed by atoms with E-state index in [2.05, 4.69) is 14.9 Å². The van der Waals surface area contributed by atoms with E-state index in [0.717, 1.165) is 26.0 Å². The van der Waals surface area contributed by atoms with Gasteiger partial charge in [0.15, 0.2) is 11.0 Å². The van der Waals surface area contributed by atoms with Gasteiger partial charge in [-0.15, -0.1) is 0 Å². The summed E-state index contributed by atoms with van der Waals surface area (Å²) in [7, 11) is 0. The molecule has 2 aromatic rings. The second kappa shape index (κ2) is 10.0. The minimum Gasteiger partial charge on any atom is -0.472 e. The molecule has 13 heteroatoms. The number of nitrogens with zero attached hydrogens (tertiary/aromatic N) is 6. The van der Waals surface area contributed by atoms with Crippen molar-refractivity contribution in [3.8, 4) is 11.9 Å². The van der Waals surface area contributed by atoms with Gasteiger partial charge in [-0.25, -0.2) is 9.18 Å². The maximum atomic E-state index is 15.3. The zero-order valence-electron chi connectivity index (χ0n) is 22.7. The van der Waals surface area contributed by atoms with Gasteiger partial charge in [-0.3, -0.25) is 4.90 Å². The third kappa shape index (κ3) is 5.02. The Kier molecular flexibility index (Phi) is 6.83. The van der Waals surface area contributed by atoms with Crippen molar-refractivity contribution >= 4 is 34.4 Å². The first kappa shape index (κ1) is 26.5. The zero-order valence-corrected chi connectivity index (χ0v) is 23.4. The Bertz CT molecular complexity index is 1280. The summed E-state index contributed by atoms with van der Waals surface area (Å²) in [5.41, 5.74) is -0.608. The standard InChI is InChI=1S/C26H34ClFN6O5/c1-14-17-11-32(25(35)39-26(2,3)4)7-8-34(17)22-18-20(19(28)21(27)30-23(18)38-14)29-24(31-22)37-13-16-6-5-15-12-36-10-9-33(15)16/h14-17H,5-13H2,1-4H3/t14-,15-,16-,17-/m0/s1. The predicted molar refractivity (Wildman–Crippen MR) is 141 cm³/mol. The second-order valence-corrected chi connectivity index (χ2v) is 12.0. The largest absolute Gasteiger partial charge is 0.472 e. The van der Waals surface area contributed by atoms with Gasteiger partial charge in [-0.05, 0) is 40.5 Å². The molecule has 4 aliphatic rings. The van der Waals surface area contributed by atoms with Gasteiger partial charge in [0.1, 0.15) is 35.0 Å². The van der Waals surface area contributed by atoms with Crippen LogP contribution in [0, 0.1) is 5.82 Å². The van der Waals surface area contributed by atoms with Crippen molar-refractivity contribution in [2.24, 2.45) is 0 Å². The summed E-state index contributed by atoms with van der Waals surface area (Å²) in [6.45, 7) is 11.3. The summed E-state index contributed by atoms with van der Waals surface area (Å²) in [4.78, 5) is 32.3. The van der Waals surface area contributed by atoms with Crippen molar-refractivity contribution in [2.75, 3.05) is 50.9 Å².